The first-order chi connectivity index (χ1) is 15.7. The highest BCUT2D eigenvalue weighted by Crippen LogP contribution is 2.28. The summed E-state index contributed by atoms with van der Waals surface area (Å²) in [5, 5.41) is 5.00. The van der Waals surface area contributed by atoms with Gasteiger partial charge in [-0.1, -0.05) is 24.3 Å². The molecule has 0 spiro atoms. The van der Waals surface area contributed by atoms with Crippen molar-refractivity contribution in [3.05, 3.63) is 36.4 Å². The Kier molecular flexibility index (Phi) is 8.67. The zero-order chi connectivity index (χ0) is 25.5. The Morgan fingerprint density at radius 2 is 1.12 bits per heavy atom. The molecule has 0 fully saturated rings. The standard InChI is InChI=1S/C24H32N2O8/c1-23(2,3)33-21(29)25-15-11-7-8-12-16(26-22(30)34-24(4,5)6)20(28)32-18-14-10-9-13-17(18)31-19(15)27/h7-10,13-16H,11-12H2,1-6H3,(H,25,29)(H,26,30)/b8-7+/t15-,16-/m0/s1. The number of esters is 2. The molecule has 34 heavy (non-hydrogen) atoms. The summed E-state index contributed by atoms with van der Waals surface area (Å²) in [6.45, 7) is 10.2. The molecule has 0 saturated heterocycles. The van der Waals surface area contributed by atoms with Crippen molar-refractivity contribution in [2.24, 2.45) is 0 Å². The molecule has 10 heteroatoms. The Balaban J connectivity index is 2.28. The summed E-state index contributed by atoms with van der Waals surface area (Å²) < 4.78 is 21.3. The minimum absolute atomic E-state index is 0.0163. The zero-order valence-electron chi connectivity index (χ0n) is 20.3. The number of hydrogen-bond donors (Lipinski definition) is 2. The van der Waals surface area contributed by atoms with Crippen LogP contribution in [0.15, 0.2) is 36.4 Å². The topological polar surface area (TPSA) is 129 Å². The van der Waals surface area contributed by atoms with Gasteiger partial charge in [0.15, 0.2) is 11.5 Å². The van der Waals surface area contributed by atoms with Crippen molar-refractivity contribution < 1.29 is 38.1 Å². The van der Waals surface area contributed by atoms with Crippen LogP contribution >= 0.6 is 0 Å². The van der Waals surface area contributed by atoms with E-state index in [2.05, 4.69) is 10.6 Å². The first-order valence-corrected chi connectivity index (χ1v) is 10.9. The average molecular weight is 477 g/mol. The highest BCUT2D eigenvalue weighted by molar-refractivity contribution is 5.85. The number of fused-ring (bicyclic) bond motifs is 1. The van der Waals surface area contributed by atoms with E-state index >= 15 is 0 Å². The molecule has 2 rings (SSSR count). The number of nitrogens with one attached hydrogen (secondary N) is 2. The van der Waals surface area contributed by atoms with E-state index in [-0.39, 0.29) is 24.3 Å². The van der Waals surface area contributed by atoms with Crippen LogP contribution in [0.5, 0.6) is 11.5 Å². The molecule has 0 bridgehead atoms. The fraction of sp³-hybridized carbons (Fsp3) is 0.500. The summed E-state index contributed by atoms with van der Waals surface area (Å²) in [6.07, 6.45) is 1.75. The first kappa shape index (κ1) is 26.7. The van der Waals surface area contributed by atoms with Crippen molar-refractivity contribution in [2.75, 3.05) is 0 Å². The summed E-state index contributed by atoms with van der Waals surface area (Å²) >= 11 is 0. The lowest BCUT2D eigenvalue weighted by Gasteiger charge is -2.24. The molecule has 2 atom stereocenters. The molecular formula is C24H32N2O8. The van der Waals surface area contributed by atoms with Gasteiger partial charge >= 0.3 is 24.1 Å². The van der Waals surface area contributed by atoms with Crippen LogP contribution in [0.3, 0.4) is 0 Å². The van der Waals surface area contributed by atoms with Crippen molar-refractivity contribution >= 4 is 24.1 Å². The number of hydrogen-bond acceptors (Lipinski definition) is 8. The van der Waals surface area contributed by atoms with E-state index in [0.29, 0.717) is 0 Å². The average Bonchev–Trinajstić information content (AvgIpc) is 2.67. The van der Waals surface area contributed by atoms with Gasteiger partial charge in [-0.2, -0.15) is 0 Å². The monoisotopic (exact) mass is 476 g/mol. The smallest absolute Gasteiger partial charge is 0.408 e. The summed E-state index contributed by atoms with van der Waals surface area (Å²) in [5.74, 6) is -1.55. The van der Waals surface area contributed by atoms with Gasteiger partial charge in [0.2, 0.25) is 0 Å². The van der Waals surface area contributed by atoms with E-state index < -0.39 is 47.4 Å². The molecule has 0 aromatic heterocycles. The molecule has 1 aliphatic rings. The maximum absolute atomic E-state index is 12.8. The first-order valence-electron chi connectivity index (χ1n) is 10.9. The van der Waals surface area contributed by atoms with Crippen LogP contribution in [0.25, 0.3) is 0 Å². The third-order valence-corrected chi connectivity index (χ3v) is 4.13. The van der Waals surface area contributed by atoms with Crippen LogP contribution in [-0.2, 0) is 19.1 Å². The minimum atomic E-state index is -1.06. The van der Waals surface area contributed by atoms with Crippen LogP contribution < -0.4 is 20.1 Å². The number of amides is 2. The fourth-order valence-corrected chi connectivity index (χ4v) is 2.77. The molecule has 0 unspecified atom stereocenters. The number of ether oxygens (including phenoxy) is 4. The molecule has 2 amide bonds. The Morgan fingerprint density at radius 1 is 0.765 bits per heavy atom. The predicted molar refractivity (Wildman–Crippen MR) is 122 cm³/mol. The number of carbonyl (C=O) groups excluding carboxylic acids is 4. The Morgan fingerprint density at radius 3 is 1.44 bits per heavy atom. The summed E-state index contributed by atoms with van der Waals surface area (Å²) in [4.78, 5) is 50.0. The molecule has 1 heterocycles. The quantitative estimate of drug-likeness (QED) is 0.376. The van der Waals surface area contributed by atoms with Gasteiger partial charge in [0.1, 0.15) is 23.3 Å². The molecule has 186 valence electrons. The number of para-hydroxylation sites is 2. The van der Waals surface area contributed by atoms with Crippen molar-refractivity contribution in [3.63, 3.8) is 0 Å². The van der Waals surface area contributed by atoms with Gasteiger partial charge < -0.3 is 29.6 Å². The highest BCUT2D eigenvalue weighted by atomic mass is 16.6. The summed E-state index contributed by atoms with van der Waals surface area (Å²) in [6, 6.07) is 3.96. The Hall–Kier alpha value is -3.56. The van der Waals surface area contributed by atoms with Gasteiger partial charge in [0.25, 0.3) is 0 Å². The summed E-state index contributed by atoms with van der Waals surface area (Å²) in [7, 11) is 0. The van der Waals surface area contributed by atoms with E-state index in [0.717, 1.165) is 0 Å². The van der Waals surface area contributed by atoms with Crippen LogP contribution in [-0.4, -0.2) is 47.4 Å². The molecule has 1 aromatic rings. The molecular weight excluding hydrogens is 444 g/mol. The van der Waals surface area contributed by atoms with Crippen LogP contribution in [0.4, 0.5) is 9.59 Å². The van der Waals surface area contributed by atoms with Crippen molar-refractivity contribution in [1.82, 2.24) is 10.6 Å². The normalized spacial score (nSPS) is 20.3. The van der Waals surface area contributed by atoms with Crippen molar-refractivity contribution in [1.29, 1.82) is 0 Å². The number of benzene rings is 1. The second-order valence-corrected chi connectivity index (χ2v) is 9.63. The largest absolute Gasteiger partial charge is 0.444 e. The van der Waals surface area contributed by atoms with Crippen molar-refractivity contribution in [2.45, 2.75) is 77.7 Å². The molecule has 0 radical (unpaired) electrons. The van der Waals surface area contributed by atoms with Gasteiger partial charge in [-0.3, -0.25) is 0 Å². The minimum Gasteiger partial charge on any atom is -0.444 e. The van der Waals surface area contributed by atoms with Crippen molar-refractivity contribution in [3.8, 4) is 11.5 Å². The lowest BCUT2D eigenvalue weighted by atomic mass is 10.1. The van der Waals surface area contributed by atoms with Crippen LogP contribution in [0, 0.1) is 0 Å². The molecule has 0 aliphatic carbocycles. The third-order valence-electron chi connectivity index (χ3n) is 4.13. The Labute approximate surface area is 199 Å². The van der Waals surface area contributed by atoms with Gasteiger partial charge in [0, 0.05) is 0 Å². The highest BCUT2D eigenvalue weighted by Gasteiger charge is 2.29. The molecule has 2 N–H and O–H groups in total. The van der Waals surface area contributed by atoms with E-state index in [1.807, 2.05) is 0 Å². The van der Waals surface area contributed by atoms with Crippen LogP contribution in [0.1, 0.15) is 54.4 Å². The molecule has 10 nitrogen and oxygen atoms in total. The van der Waals surface area contributed by atoms with E-state index in [4.69, 9.17) is 18.9 Å². The predicted octanol–water partition coefficient (Wildman–Crippen LogP) is 3.63. The SMILES string of the molecule is CC(C)(C)OC(=O)N[C@H]1C/C=C/C[C@H](NC(=O)OC(C)(C)C)C(=O)Oc2ccccc2OC1=O. The van der Waals surface area contributed by atoms with Gasteiger partial charge in [-0.15, -0.1) is 0 Å². The zero-order valence-corrected chi connectivity index (χ0v) is 20.3. The van der Waals surface area contributed by atoms with E-state index in [1.165, 1.54) is 12.1 Å². The van der Waals surface area contributed by atoms with Gasteiger partial charge in [0.05, 0.1) is 0 Å². The fourth-order valence-electron chi connectivity index (χ4n) is 2.77. The maximum atomic E-state index is 12.8. The lowest BCUT2D eigenvalue weighted by molar-refractivity contribution is -0.139. The number of rotatable bonds is 2. The van der Waals surface area contributed by atoms with Gasteiger partial charge in [-0.05, 0) is 66.5 Å². The molecule has 1 aromatic carbocycles. The second kappa shape index (κ2) is 11.0. The van der Waals surface area contributed by atoms with E-state index in [9.17, 15) is 19.2 Å². The van der Waals surface area contributed by atoms with Crippen LogP contribution in [0.2, 0.25) is 0 Å². The molecule has 1 aliphatic heterocycles. The second-order valence-electron chi connectivity index (χ2n) is 9.63. The third kappa shape index (κ3) is 9.13. The maximum Gasteiger partial charge on any atom is 0.408 e. The number of carbonyl (C=O) groups is 4. The number of alkyl carbamates (subject to hydrolysis) is 2. The summed E-state index contributed by atoms with van der Waals surface area (Å²) in [5.41, 5.74) is -1.51. The Bertz CT molecular complexity index is 868. The molecule has 0 saturated carbocycles. The van der Waals surface area contributed by atoms with Gasteiger partial charge in [-0.25, -0.2) is 19.2 Å². The lowest BCUT2D eigenvalue weighted by Crippen LogP contribution is -2.46. The van der Waals surface area contributed by atoms with E-state index in [1.54, 1.807) is 65.8 Å².